The number of pyridine rings is 1. The van der Waals surface area contributed by atoms with Gasteiger partial charge in [-0.15, -0.1) is 0 Å². The molecule has 1 aromatic heterocycles. The molecule has 1 aliphatic rings. The number of carboxylic acid groups (broad SMARTS) is 1. The van der Waals surface area contributed by atoms with Crippen LogP contribution in [-0.4, -0.2) is 42.5 Å². The molecule has 2 aromatic rings. The van der Waals surface area contributed by atoms with Crippen LogP contribution in [0.5, 0.6) is 11.6 Å². The zero-order chi connectivity index (χ0) is 19.9. The van der Waals surface area contributed by atoms with E-state index in [1.807, 2.05) is 0 Å². The molecule has 28 heavy (non-hydrogen) atoms. The van der Waals surface area contributed by atoms with Crippen LogP contribution in [0.2, 0.25) is 0 Å². The van der Waals surface area contributed by atoms with Crippen molar-refractivity contribution in [2.45, 2.75) is 19.3 Å². The zero-order valence-electron chi connectivity index (χ0n) is 15.2. The van der Waals surface area contributed by atoms with Crippen LogP contribution in [-0.2, 0) is 9.53 Å². The maximum atomic E-state index is 14.4. The Balaban J connectivity index is 1.73. The molecule has 0 spiro atoms. The summed E-state index contributed by atoms with van der Waals surface area (Å²) in [4.78, 5) is 14.7. The van der Waals surface area contributed by atoms with Gasteiger partial charge < -0.3 is 19.3 Å². The van der Waals surface area contributed by atoms with Gasteiger partial charge in [0.2, 0.25) is 5.88 Å². The minimum atomic E-state index is -0.992. The summed E-state index contributed by atoms with van der Waals surface area (Å²) in [5.41, 5.74) is 0.746. The second-order valence-corrected chi connectivity index (χ2v) is 6.51. The van der Waals surface area contributed by atoms with E-state index in [0.717, 1.165) is 18.6 Å². The van der Waals surface area contributed by atoms with Gasteiger partial charge in [0.15, 0.2) is 17.4 Å². The van der Waals surface area contributed by atoms with Crippen molar-refractivity contribution in [1.82, 2.24) is 4.98 Å². The highest BCUT2D eigenvalue weighted by Gasteiger charge is 2.19. The largest absolute Gasteiger partial charge is 0.488 e. The number of carbonyl (C=O) groups is 1. The summed E-state index contributed by atoms with van der Waals surface area (Å²) in [6, 6.07) is 5.64. The van der Waals surface area contributed by atoms with Gasteiger partial charge in [-0.1, -0.05) is 0 Å². The summed E-state index contributed by atoms with van der Waals surface area (Å²) < 4.78 is 44.9. The number of rotatable bonds is 9. The Morgan fingerprint density at radius 1 is 1.29 bits per heavy atom. The Morgan fingerprint density at radius 2 is 2.07 bits per heavy atom. The molecule has 0 radical (unpaired) electrons. The molecule has 0 aliphatic carbocycles. The van der Waals surface area contributed by atoms with E-state index in [-0.39, 0.29) is 30.9 Å². The minimum Gasteiger partial charge on any atom is -0.488 e. The van der Waals surface area contributed by atoms with Crippen molar-refractivity contribution in [3.8, 4) is 22.8 Å². The summed E-state index contributed by atoms with van der Waals surface area (Å²) in [5.74, 6) is -2.70. The summed E-state index contributed by atoms with van der Waals surface area (Å²) in [6.07, 6.45) is 2.47. The van der Waals surface area contributed by atoms with E-state index < -0.39 is 23.4 Å². The highest BCUT2D eigenvalue weighted by molar-refractivity contribution is 5.69. The van der Waals surface area contributed by atoms with Crippen LogP contribution >= 0.6 is 0 Å². The molecule has 6 nitrogen and oxygen atoms in total. The smallest absolute Gasteiger partial charge is 0.303 e. The van der Waals surface area contributed by atoms with E-state index in [4.69, 9.17) is 19.3 Å². The summed E-state index contributed by atoms with van der Waals surface area (Å²) in [5, 5.41) is 8.59. The lowest BCUT2D eigenvalue weighted by molar-refractivity contribution is -0.137. The zero-order valence-corrected chi connectivity index (χ0v) is 15.2. The standard InChI is InChI=1S/C20H21F2NO5/c21-16-9-14(10-17(22)19(16)27-7-2-4-18(24)25)15-3-1-6-23-20(15)28-12-13-5-8-26-11-13/h1,3,6,9-10,13H,2,4-5,7-8,11-12H2,(H,24,25). The fourth-order valence-electron chi connectivity index (χ4n) is 2.89. The molecule has 0 saturated carbocycles. The highest BCUT2D eigenvalue weighted by atomic mass is 19.1. The molecule has 1 aromatic carbocycles. The number of nitrogens with zero attached hydrogens (tertiary/aromatic N) is 1. The summed E-state index contributed by atoms with van der Waals surface area (Å²) in [6.45, 7) is 1.65. The van der Waals surface area contributed by atoms with Gasteiger partial charge in [-0.25, -0.2) is 13.8 Å². The van der Waals surface area contributed by atoms with E-state index in [0.29, 0.717) is 31.3 Å². The molecular weight excluding hydrogens is 372 g/mol. The Morgan fingerprint density at radius 3 is 2.75 bits per heavy atom. The predicted octanol–water partition coefficient (Wildman–Crippen LogP) is 3.69. The highest BCUT2D eigenvalue weighted by Crippen LogP contribution is 2.33. The number of ether oxygens (including phenoxy) is 3. The van der Waals surface area contributed by atoms with Crippen LogP contribution in [0.3, 0.4) is 0 Å². The van der Waals surface area contributed by atoms with Crippen molar-refractivity contribution in [2.75, 3.05) is 26.4 Å². The van der Waals surface area contributed by atoms with Crippen molar-refractivity contribution >= 4 is 5.97 Å². The molecule has 8 heteroatoms. The fourth-order valence-corrected chi connectivity index (χ4v) is 2.89. The van der Waals surface area contributed by atoms with Gasteiger partial charge >= 0.3 is 5.97 Å². The van der Waals surface area contributed by atoms with E-state index >= 15 is 0 Å². The van der Waals surface area contributed by atoms with Gasteiger partial charge in [0.05, 0.1) is 19.8 Å². The van der Waals surface area contributed by atoms with Crippen molar-refractivity contribution in [3.63, 3.8) is 0 Å². The third-order valence-corrected chi connectivity index (χ3v) is 4.34. The van der Waals surface area contributed by atoms with Gasteiger partial charge in [0.25, 0.3) is 0 Å². The Labute approximate surface area is 161 Å². The van der Waals surface area contributed by atoms with Crippen molar-refractivity contribution in [2.24, 2.45) is 5.92 Å². The Bertz CT molecular complexity index is 801. The second kappa shape index (κ2) is 9.45. The minimum absolute atomic E-state index is 0.0931. The maximum absolute atomic E-state index is 14.4. The molecule has 1 atom stereocenters. The van der Waals surface area contributed by atoms with Gasteiger partial charge in [0, 0.05) is 30.7 Å². The first-order valence-electron chi connectivity index (χ1n) is 9.04. The first-order valence-corrected chi connectivity index (χ1v) is 9.04. The second-order valence-electron chi connectivity index (χ2n) is 6.51. The normalized spacial score (nSPS) is 16.1. The molecule has 150 valence electrons. The van der Waals surface area contributed by atoms with Gasteiger partial charge in [-0.3, -0.25) is 4.79 Å². The summed E-state index contributed by atoms with van der Waals surface area (Å²) >= 11 is 0. The molecule has 1 fully saturated rings. The number of benzene rings is 1. The van der Waals surface area contributed by atoms with Crippen LogP contribution in [0.4, 0.5) is 8.78 Å². The molecule has 3 rings (SSSR count). The van der Waals surface area contributed by atoms with Crippen molar-refractivity contribution in [1.29, 1.82) is 0 Å². The van der Waals surface area contributed by atoms with Gasteiger partial charge in [0.1, 0.15) is 0 Å². The number of hydrogen-bond acceptors (Lipinski definition) is 5. The molecule has 1 N–H and O–H groups in total. The fraction of sp³-hybridized carbons (Fsp3) is 0.400. The van der Waals surface area contributed by atoms with Gasteiger partial charge in [-0.2, -0.15) is 0 Å². The number of aliphatic carboxylic acids is 1. The molecule has 1 saturated heterocycles. The SMILES string of the molecule is O=C(O)CCCOc1c(F)cc(-c2cccnc2OCC2CCOC2)cc1F. The van der Waals surface area contributed by atoms with E-state index in [1.54, 1.807) is 18.3 Å². The third kappa shape index (κ3) is 5.16. The van der Waals surface area contributed by atoms with Crippen LogP contribution in [0.25, 0.3) is 11.1 Å². The monoisotopic (exact) mass is 393 g/mol. The van der Waals surface area contributed by atoms with Gasteiger partial charge in [-0.05, 0) is 42.7 Å². The Kier molecular flexibility index (Phi) is 6.76. The van der Waals surface area contributed by atoms with Crippen LogP contribution in [0.15, 0.2) is 30.5 Å². The summed E-state index contributed by atoms with van der Waals surface area (Å²) in [7, 11) is 0. The van der Waals surface area contributed by atoms with Crippen molar-refractivity contribution in [3.05, 3.63) is 42.1 Å². The first kappa shape index (κ1) is 20.0. The predicted molar refractivity (Wildman–Crippen MR) is 96.4 cm³/mol. The van der Waals surface area contributed by atoms with E-state index in [2.05, 4.69) is 4.98 Å². The molecule has 0 bridgehead atoms. The maximum Gasteiger partial charge on any atom is 0.303 e. The lowest BCUT2D eigenvalue weighted by Crippen LogP contribution is -2.12. The Hall–Kier alpha value is -2.74. The number of carboxylic acids is 1. The lowest BCUT2D eigenvalue weighted by atomic mass is 10.1. The first-order chi connectivity index (χ1) is 13.5. The molecule has 1 aliphatic heterocycles. The van der Waals surface area contributed by atoms with Crippen molar-refractivity contribution < 1.29 is 32.9 Å². The topological polar surface area (TPSA) is 77.9 Å². The number of hydrogen-bond donors (Lipinski definition) is 1. The van der Waals surface area contributed by atoms with Crippen LogP contribution in [0.1, 0.15) is 19.3 Å². The average Bonchev–Trinajstić information content (AvgIpc) is 3.18. The lowest BCUT2D eigenvalue weighted by Gasteiger charge is -2.14. The molecular formula is C20H21F2NO5. The van der Waals surface area contributed by atoms with Crippen LogP contribution in [0, 0.1) is 17.6 Å². The third-order valence-electron chi connectivity index (χ3n) is 4.34. The average molecular weight is 393 g/mol. The van der Waals surface area contributed by atoms with E-state index in [9.17, 15) is 13.6 Å². The quantitative estimate of drug-likeness (QED) is 0.655. The molecule has 0 amide bonds. The molecule has 2 heterocycles. The number of halogens is 2. The van der Waals surface area contributed by atoms with Crippen LogP contribution < -0.4 is 9.47 Å². The van der Waals surface area contributed by atoms with E-state index in [1.165, 1.54) is 0 Å². The molecule has 1 unspecified atom stereocenters. The number of aromatic nitrogens is 1.